The lowest BCUT2D eigenvalue weighted by Gasteiger charge is -2.37. The van der Waals surface area contributed by atoms with Gasteiger partial charge in [0.25, 0.3) is 0 Å². The van der Waals surface area contributed by atoms with Crippen LogP contribution in [0.2, 0.25) is 0 Å². The number of hydrogen-bond acceptors (Lipinski definition) is 3. The summed E-state index contributed by atoms with van der Waals surface area (Å²) in [6.45, 7) is 0. The number of nitrogens with two attached hydrogens (primary N) is 1. The lowest BCUT2D eigenvalue weighted by Crippen LogP contribution is -2.47. The molecule has 1 aromatic rings. The Morgan fingerprint density at radius 1 is 1.10 bits per heavy atom. The van der Waals surface area contributed by atoms with E-state index in [1.165, 1.54) is 4.90 Å². The van der Waals surface area contributed by atoms with Crippen molar-refractivity contribution < 1.29 is 9.59 Å². The largest absolute Gasteiger partial charge is 0.399 e. The van der Waals surface area contributed by atoms with E-state index in [2.05, 4.69) is 15.9 Å². The molecule has 0 unspecified atom stereocenters. The van der Waals surface area contributed by atoms with Crippen molar-refractivity contribution in [2.24, 2.45) is 5.41 Å². The molecule has 1 saturated heterocycles. The zero-order chi connectivity index (χ0) is 14.3. The van der Waals surface area contributed by atoms with E-state index in [9.17, 15) is 9.59 Å². The van der Waals surface area contributed by atoms with E-state index in [0.29, 0.717) is 24.2 Å². The van der Waals surface area contributed by atoms with Crippen LogP contribution in [0.1, 0.15) is 38.5 Å². The Labute approximate surface area is 126 Å². The highest BCUT2D eigenvalue weighted by Crippen LogP contribution is 2.48. The van der Waals surface area contributed by atoms with E-state index in [-0.39, 0.29) is 17.2 Å². The number of nitrogens with zero attached hydrogens (tertiary/aromatic N) is 1. The molecule has 106 valence electrons. The predicted molar refractivity (Wildman–Crippen MR) is 81.2 cm³/mol. The quantitative estimate of drug-likeness (QED) is 0.632. The molecule has 1 spiro atoms. The zero-order valence-corrected chi connectivity index (χ0v) is 12.8. The third-order valence-corrected chi connectivity index (χ3v) is 5.10. The van der Waals surface area contributed by atoms with Crippen molar-refractivity contribution in [1.29, 1.82) is 0 Å². The lowest BCUT2D eigenvalue weighted by atomic mass is 9.76. The number of imide groups is 1. The van der Waals surface area contributed by atoms with Crippen LogP contribution in [0.3, 0.4) is 0 Å². The number of rotatable bonds is 1. The lowest BCUT2D eigenvalue weighted by molar-refractivity contribution is -0.133. The third-order valence-electron chi connectivity index (χ3n) is 4.43. The summed E-state index contributed by atoms with van der Waals surface area (Å²) in [5.74, 6) is -0.205. The normalized spacial score (nSPS) is 21.8. The molecule has 2 fully saturated rings. The number of carbonyl (C=O) groups excluding carboxylic acids is 2. The fourth-order valence-electron chi connectivity index (χ4n) is 3.45. The first-order chi connectivity index (χ1) is 9.51. The van der Waals surface area contributed by atoms with E-state index < -0.39 is 0 Å². The van der Waals surface area contributed by atoms with Crippen LogP contribution in [-0.2, 0) is 9.59 Å². The van der Waals surface area contributed by atoms with Crippen LogP contribution < -0.4 is 10.6 Å². The number of anilines is 2. The molecule has 1 aliphatic heterocycles. The molecule has 3 rings (SSSR count). The van der Waals surface area contributed by atoms with E-state index in [4.69, 9.17) is 5.73 Å². The van der Waals surface area contributed by atoms with Gasteiger partial charge in [0, 0.05) is 23.0 Å². The maximum Gasteiger partial charge on any atom is 0.234 e. The Hall–Kier alpha value is -1.36. The van der Waals surface area contributed by atoms with Gasteiger partial charge in [-0.2, -0.15) is 0 Å². The summed E-state index contributed by atoms with van der Waals surface area (Å²) in [6, 6.07) is 5.18. The SMILES string of the molecule is Nc1ccc(Br)c(N2C(=O)CC3(CCCC3)CC2=O)c1. The molecular formula is C15H17BrN2O2. The molecule has 2 aliphatic rings. The van der Waals surface area contributed by atoms with Gasteiger partial charge in [0.05, 0.1) is 5.69 Å². The molecule has 1 aromatic carbocycles. The van der Waals surface area contributed by atoms with Crippen LogP contribution >= 0.6 is 15.9 Å². The minimum absolute atomic E-state index is 0.0720. The summed E-state index contributed by atoms with van der Waals surface area (Å²) < 4.78 is 0.718. The minimum atomic E-state index is -0.102. The van der Waals surface area contributed by atoms with Gasteiger partial charge in [-0.1, -0.05) is 12.8 Å². The Balaban J connectivity index is 1.93. The van der Waals surface area contributed by atoms with Crippen LogP contribution in [0, 0.1) is 5.41 Å². The van der Waals surface area contributed by atoms with Gasteiger partial charge in [-0.25, -0.2) is 4.90 Å². The van der Waals surface area contributed by atoms with Crippen LogP contribution in [0.25, 0.3) is 0 Å². The van der Waals surface area contributed by atoms with Gasteiger partial charge in [-0.05, 0) is 52.4 Å². The van der Waals surface area contributed by atoms with Gasteiger partial charge in [0.1, 0.15) is 0 Å². The van der Waals surface area contributed by atoms with E-state index in [1.54, 1.807) is 18.2 Å². The van der Waals surface area contributed by atoms with Crippen LogP contribution in [-0.4, -0.2) is 11.8 Å². The summed E-state index contributed by atoms with van der Waals surface area (Å²) in [5, 5.41) is 0. The average Bonchev–Trinajstić information content (AvgIpc) is 2.80. The third kappa shape index (κ3) is 2.24. The molecule has 20 heavy (non-hydrogen) atoms. The number of carbonyl (C=O) groups is 2. The Morgan fingerprint density at radius 3 is 2.30 bits per heavy atom. The van der Waals surface area contributed by atoms with E-state index in [1.807, 2.05) is 0 Å². The van der Waals surface area contributed by atoms with E-state index in [0.717, 1.165) is 30.2 Å². The van der Waals surface area contributed by atoms with Crippen molar-refractivity contribution in [3.05, 3.63) is 22.7 Å². The fourth-order valence-corrected chi connectivity index (χ4v) is 3.87. The molecule has 5 heteroatoms. The molecule has 0 radical (unpaired) electrons. The highest BCUT2D eigenvalue weighted by molar-refractivity contribution is 9.10. The van der Waals surface area contributed by atoms with Gasteiger partial charge in [-0.3, -0.25) is 9.59 Å². The molecule has 0 aromatic heterocycles. The molecule has 1 aliphatic carbocycles. The number of halogens is 1. The molecule has 0 atom stereocenters. The van der Waals surface area contributed by atoms with Crippen molar-refractivity contribution in [2.75, 3.05) is 10.6 Å². The van der Waals surface area contributed by atoms with E-state index >= 15 is 0 Å². The van der Waals surface area contributed by atoms with Crippen LogP contribution in [0.4, 0.5) is 11.4 Å². The summed E-state index contributed by atoms with van der Waals surface area (Å²) in [5.41, 5.74) is 6.81. The maximum atomic E-state index is 12.5. The molecule has 0 bridgehead atoms. The zero-order valence-electron chi connectivity index (χ0n) is 11.2. The molecular weight excluding hydrogens is 320 g/mol. The average molecular weight is 337 g/mol. The first-order valence-corrected chi connectivity index (χ1v) is 7.71. The summed E-state index contributed by atoms with van der Waals surface area (Å²) >= 11 is 3.39. The number of nitrogen functional groups attached to an aromatic ring is 1. The van der Waals surface area contributed by atoms with Crippen molar-refractivity contribution in [2.45, 2.75) is 38.5 Å². The second-order valence-electron chi connectivity index (χ2n) is 5.89. The minimum Gasteiger partial charge on any atom is -0.399 e. The maximum absolute atomic E-state index is 12.5. The first-order valence-electron chi connectivity index (χ1n) is 6.92. The van der Waals surface area contributed by atoms with Gasteiger partial charge in [0.2, 0.25) is 11.8 Å². The van der Waals surface area contributed by atoms with Crippen molar-refractivity contribution in [3.8, 4) is 0 Å². The number of hydrogen-bond donors (Lipinski definition) is 1. The monoisotopic (exact) mass is 336 g/mol. The van der Waals surface area contributed by atoms with Gasteiger partial charge >= 0.3 is 0 Å². The number of piperidine rings is 1. The van der Waals surface area contributed by atoms with Gasteiger partial charge < -0.3 is 5.73 Å². The van der Waals surface area contributed by atoms with Crippen molar-refractivity contribution in [1.82, 2.24) is 0 Å². The molecule has 1 saturated carbocycles. The van der Waals surface area contributed by atoms with Gasteiger partial charge in [0.15, 0.2) is 0 Å². The number of benzene rings is 1. The van der Waals surface area contributed by atoms with Crippen molar-refractivity contribution >= 4 is 39.1 Å². The number of amides is 2. The Bertz CT molecular complexity index is 559. The predicted octanol–water partition coefficient (Wildman–Crippen LogP) is 3.25. The van der Waals surface area contributed by atoms with Crippen molar-refractivity contribution in [3.63, 3.8) is 0 Å². The highest BCUT2D eigenvalue weighted by atomic mass is 79.9. The molecule has 2 amide bonds. The summed E-state index contributed by atoms with van der Waals surface area (Å²) in [7, 11) is 0. The summed E-state index contributed by atoms with van der Waals surface area (Å²) in [6.07, 6.45) is 5.19. The molecule has 1 heterocycles. The van der Waals surface area contributed by atoms with Gasteiger partial charge in [-0.15, -0.1) is 0 Å². The second-order valence-corrected chi connectivity index (χ2v) is 6.75. The second kappa shape index (κ2) is 4.88. The fraction of sp³-hybridized carbons (Fsp3) is 0.467. The standard InChI is InChI=1S/C15H17BrN2O2/c16-11-4-3-10(17)7-12(11)18-13(19)8-15(9-14(18)20)5-1-2-6-15/h3-4,7H,1-2,5-6,8-9,17H2. The van der Waals surface area contributed by atoms with Crippen LogP contribution in [0.15, 0.2) is 22.7 Å². The Morgan fingerprint density at radius 2 is 1.70 bits per heavy atom. The smallest absolute Gasteiger partial charge is 0.234 e. The molecule has 4 nitrogen and oxygen atoms in total. The molecule has 2 N–H and O–H groups in total. The topological polar surface area (TPSA) is 63.4 Å². The summed E-state index contributed by atoms with van der Waals surface area (Å²) in [4.78, 5) is 26.2. The van der Waals surface area contributed by atoms with Crippen LogP contribution in [0.5, 0.6) is 0 Å². The first kappa shape index (κ1) is 13.6. The highest BCUT2D eigenvalue weighted by Gasteiger charge is 2.45. The Kier molecular flexibility index (Phi) is 3.32.